The van der Waals surface area contributed by atoms with Gasteiger partial charge in [-0.15, -0.1) is 0 Å². The summed E-state index contributed by atoms with van der Waals surface area (Å²) >= 11 is 0. The SMILES string of the molecule is Cc1cc(N2CCC(S(C)(=O)=O)C2)c2ccc(OCc3ccc(C#N)cc3)cc2n1. The van der Waals surface area contributed by atoms with Gasteiger partial charge in [-0.3, -0.25) is 4.98 Å². The number of benzene rings is 2. The molecule has 2 heterocycles. The molecule has 0 radical (unpaired) electrons. The molecule has 30 heavy (non-hydrogen) atoms. The maximum atomic E-state index is 11.9. The lowest BCUT2D eigenvalue weighted by Gasteiger charge is -2.21. The van der Waals surface area contributed by atoms with Gasteiger partial charge in [-0.05, 0) is 49.2 Å². The molecule has 7 heteroatoms. The van der Waals surface area contributed by atoms with Gasteiger partial charge in [-0.2, -0.15) is 5.26 Å². The number of hydrogen-bond donors (Lipinski definition) is 0. The molecule has 4 rings (SSSR count). The predicted molar refractivity (Wildman–Crippen MR) is 117 cm³/mol. The second kappa shape index (κ2) is 7.96. The number of aryl methyl sites for hydroxylation is 1. The third-order valence-corrected chi connectivity index (χ3v) is 7.06. The average Bonchev–Trinajstić information content (AvgIpc) is 3.22. The van der Waals surface area contributed by atoms with Gasteiger partial charge >= 0.3 is 0 Å². The molecule has 2 aromatic carbocycles. The second-order valence-electron chi connectivity index (χ2n) is 7.75. The second-order valence-corrected chi connectivity index (χ2v) is 10.1. The zero-order chi connectivity index (χ0) is 21.3. The largest absolute Gasteiger partial charge is 0.489 e. The summed E-state index contributed by atoms with van der Waals surface area (Å²) in [7, 11) is -3.05. The molecule has 1 aliphatic heterocycles. The van der Waals surface area contributed by atoms with Crippen molar-refractivity contribution in [3.63, 3.8) is 0 Å². The van der Waals surface area contributed by atoms with Crippen LogP contribution in [0.2, 0.25) is 0 Å². The molecule has 0 spiro atoms. The molecule has 3 aromatic rings. The fourth-order valence-corrected chi connectivity index (χ4v) is 4.79. The summed E-state index contributed by atoms with van der Waals surface area (Å²) in [4.78, 5) is 6.79. The van der Waals surface area contributed by atoms with Crippen LogP contribution >= 0.6 is 0 Å². The lowest BCUT2D eigenvalue weighted by Crippen LogP contribution is -2.26. The molecule has 1 fully saturated rings. The van der Waals surface area contributed by atoms with Crippen molar-refractivity contribution in [2.24, 2.45) is 0 Å². The number of sulfone groups is 1. The highest BCUT2D eigenvalue weighted by molar-refractivity contribution is 7.91. The van der Waals surface area contributed by atoms with Crippen molar-refractivity contribution in [2.45, 2.75) is 25.2 Å². The van der Waals surface area contributed by atoms with Crippen molar-refractivity contribution in [2.75, 3.05) is 24.2 Å². The summed E-state index contributed by atoms with van der Waals surface area (Å²) in [6, 6.07) is 17.2. The quantitative estimate of drug-likeness (QED) is 0.626. The number of ether oxygens (including phenoxy) is 1. The van der Waals surface area contributed by atoms with Crippen LogP contribution in [0.15, 0.2) is 48.5 Å². The zero-order valence-corrected chi connectivity index (χ0v) is 17.8. The minimum absolute atomic E-state index is 0.323. The Labute approximate surface area is 176 Å². The van der Waals surface area contributed by atoms with Crippen molar-refractivity contribution in [1.82, 2.24) is 4.98 Å². The highest BCUT2D eigenvalue weighted by atomic mass is 32.2. The molecule has 0 aliphatic carbocycles. The fraction of sp³-hybridized carbons (Fsp3) is 0.304. The minimum Gasteiger partial charge on any atom is -0.489 e. The van der Waals surface area contributed by atoms with E-state index in [1.807, 2.05) is 43.3 Å². The van der Waals surface area contributed by atoms with Crippen molar-refractivity contribution < 1.29 is 13.2 Å². The van der Waals surface area contributed by atoms with E-state index in [-0.39, 0.29) is 5.25 Å². The minimum atomic E-state index is -3.05. The normalized spacial score (nSPS) is 16.6. The Morgan fingerprint density at radius 1 is 1.20 bits per heavy atom. The first kappa shape index (κ1) is 20.2. The van der Waals surface area contributed by atoms with Gasteiger partial charge < -0.3 is 9.64 Å². The summed E-state index contributed by atoms with van der Waals surface area (Å²) in [6.07, 6.45) is 1.96. The molecule has 1 unspecified atom stereocenters. The first-order chi connectivity index (χ1) is 14.3. The summed E-state index contributed by atoms with van der Waals surface area (Å²) in [5, 5.41) is 9.56. The molecule has 1 aromatic heterocycles. The van der Waals surface area contributed by atoms with Crippen LogP contribution in [0.5, 0.6) is 5.75 Å². The topological polar surface area (TPSA) is 83.3 Å². The predicted octanol–water partition coefficient (Wildman–Crippen LogP) is 3.62. The van der Waals surface area contributed by atoms with Gasteiger partial charge in [0.15, 0.2) is 9.84 Å². The highest BCUT2D eigenvalue weighted by Crippen LogP contribution is 2.32. The van der Waals surface area contributed by atoms with Gasteiger partial charge in [0, 0.05) is 42.2 Å². The van der Waals surface area contributed by atoms with Crippen LogP contribution < -0.4 is 9.64 Å². The number of hydrogen-bond acceptors (Lipinski definition) is 6. The van der Waals surface area contributed by atoms with E-state index in [2.05, 4.69) is 16.0 Å². The van der Waals surface area contributed by atoms with Crippen molar-refractivity contribution in [3.8, 4) is 11.8 Å². The van der Waals surface area contributed by atoms with E-state index < -0.39 is 9.84 Å². The maximum absolute atomic E-state index is 11.9. The number of aromatic nitrogens is 1. The third kappa shape index (κ3) is 4.24. The molecular weight excluding hydrogens is 398 g/mol. The zero-order valence-electron chi connectivity index (χ0n) is 17.0. The van der Waals surface area contributed by atoms with E-state index >= 15 is 0 Å². The smallest absolute Gasteiger partial charge is 0.152 e. The molecule has 0 saturated carbocycles. The van der Waals surface area contributed by atoms with E-state index in [9.17, 15) is 8.42 Å². The van der Waals surface area contributed by atoms with Gasteiger partial charge in [-0.1, -0.05) is 12.1 Å². The van der Waals surface area contributed by atoms with Gasteiger partial charge in [0.25, 0.3) is 0 Å². The Balaban J connectivity index is 1.57. The maximum Gasteiger partial charge on any atom is 0.152 e. The average molecular weight is 422 g/mol. The van der Waals surface area contributed by atoms with Crippen molar-refractivity contribution in [3.05, 3.63) is 65.4 Å². The molecule has 0 bridgehead atoms. The van der Waals surface area contributed by atoms with Crippen LogP contribution in [-0.4, -0.2) is 38.0 Å². The first-order valence-corrected chi connectivity index (χ1v) is 11.8. The molecule has 1 atom stereocenters. The number of pyridine rings is 1. The Morgan fingerprint density at radius 3 is 2.63 bits per heavy atom. The van der Waals surface area contributed by atoms with Crippen LogP contribution in [-0.2, 0) is 16.4 Å². The Kier molecular flexibility index (Phi) is 5.35. The third-order valence-electron chi connectivity index (χ3n) is 5.47. The standard InChI is InChI=1S/C23H23N3O3S/c1-16-11-23(26-10-9-20(14-26)30(2,27)28)21-8-7-19(12-22(21)25-16)29-15-18-5-3-17(13-24)4-6-18/h3-8,11-12,20H,9-10,14-15H2,1-2H3. The molecule has 6 nitrogen and oxygen atoms in total. The van der Waals surface area contributed by atoms with E-state index in [1.54, 1.807) is 12.1 Å². The summed E-state index contributed by atoms with van der Waals surface area (Å²) < 4.78 is 29.8. The van der Waals surface area contributed by atoms with E-state index in [4.69, 9.17) is 10.00 Å². The van der Waals surface area contributed by atoms with Crippen molar-refractivity contribution in [1.29, 1.82) is 5.26 Å². The Hall–Kier alpha value is -3.11. The van der Waals surface area contributed by atoms with E-state index in [0.717, 1.165) is 27.8 Å². The van der Waals surface area contributed by atoms with E-state index in [0.29, 0.717) is 37.4 Å². The van der Waals surface area contributed by atoms with E-state index in [1.165, 1.54) is 6.26 Å². The number of anilines is 1. The van der Waals surface area contributed by atoms with Gasteiger partial charge in [0.05, 0.1) is 22.4 Å². The van der Waals surface area contributed by atoms with Crippen LogP contribution in [0.4, 0.5) is 5.69 Å². The van der Waals surface area contributed by atoms with Crippen LogP contribution in [0.25, 0.3) is 10.9 Å². The first-order valence-electron chi connectivity index (χ1n) is 9.80. The summed E-state index contributed by atoms with van der Waals surface area (Å²) in [5.41, 5.74) is 4.32. The van der Waals surface area contributed by atoms with Gasteiger partial charge in [-0.25, -0.2) is 8.42 Å². The van der Waals surface area contributed by atoms with Crippen LogP contribution in [0, 0.1) is 18.3 Å². The summed E-state index contributed by atoms with van der Waals surface area (Å²) in [5.74, 6) is 0.714. The molecular formula is C23H23N3O3S. The molecule has 0 amide bonds. The number of fused-ring (bicyclic) bond motifs is 1. The Bertz CT molecular complexity index is 1230. The number of nitrogens with zero attached hydrogens (tertiary/aromatic N) is 3. The van der Waals surface area contributed by atoms with Crippen LogP contribution in [0.1, 0.15) is 23.2 Å². The lowest BCUT2D eigenvalue weighted by molar-refractivity contribution is 0.306. The number of nitriles is 1. The van der Waals surface area contributed by atoms with Crippen LogP contribution in [0.3, 0.4) is 0 Å². The fourth-order valence-electron chi connectivity index (χ4n) is 3.81. The Morgan fingerprint density at radius 2 is 1.97 bits per heavy atom. The van der Waals surface area contributed by atoms with Gasteiger partial charge in [0.1, 0.15) is 12.4 Å². The molecule has 0 N–H and O–H groups in total. The molecule has 1 aliphatic rings. The molecule has 154 valence electrons. The highest BCUT2D eigenvalue weighted by Gasteiger charge is 2.31. The van der Waals surface area contributed by atoms with Crippen molar-refractivity contribution >= 4 is 26.4 Å². The monoisotopic (exact) mass is 421 g/mol. The number of rotatable bonds is 5. The van der Waals surface area contributed by atoms with Gasteiger partial charge in [0.2, 0.25) is 0 Å². The lowest BCUT2D eigenvalue weighted by atomic mass is 10.1. The summed E-state index contributed by atoms with van der Waals surface area (Å²) in [6.45, 7) is 3.57. The molecule has 1 saturated heterocycles.